The van der Waals surface area contributed by atoms with E-state index in [1.807, 2.05) is 71.3 Å². The topological polar surface area (TPSA) is 116 Å². The molecule has 0 aliphatic carbocycles. The summed E-state index contributed by atoms with van der Waals surface area (Å²) in [6.07, 6.45) is 0. The number of nitrogens with two attached hydrogens (primary N) is 1. The van der Waals surface area contributed by atoms with Crippen LogP contribution in [0.4, 0.5) is 10.6 Å². The van der Waals surface area contributed by atoms with Gasteiger partial charge in [-0.1, -0.05) is 54.6 Å². The highest BCUT2D eigenvalue weighted by atomic mass is 16.5. The number of hydrogen-bond acceptors (Lipinski definition) is 6. The van der Waals surface area contributed by atoms with Crippen LogP contribution in [0.1, 0.15) is 11.3 Å². The Morgan fingerprint density at radius 2 is 1.76 bits per heavy atom. The number of benzene rings is 3. The minimum atomic E-state index is -0.602. The van der Waals surface area contributed by atoms with Gasteiger partial charge in [0.2, 0.25) is 5.95 Å². The van der Waals surface area contributed by atoms with Crippen molar-refractivity contribution >= 4 is 33.7 Å². The van der Waals surface area contributed by atoms with Gasteiger partial charge in [0.15, 0.2) is 0 Å². The second-order valence-electron chi connectivity index (χ2n) is 8.45. The molecular weight excluding hydrogens is 468 g/mol. The quantitative estimate of drug-likeness (QED) is 0.247. The highest BCUT2D eigenvalue weighted by molar-refractivity contribution is 5.94. The van der Waals surface area contributed by atoms with Gasteiger partial charge in [-0.25, -0.2) is 9.78 Å². The average molecular weight is 497 g/mol. The summed E-state index contributed by atoms with van der Waals surface area (Å²) in [4.78, 5) is 21.4. The number of fused-ring (bicyclic) bond motifs is 2. The van der Waals surface area contributed by atoms with Crippen LogP contribution in [0, 0.1) is 0 Å². The number of nitrogens with one attached hydrogen (secondary N) is 2. The molecule has 0 saturated heterocycles. The Morgan fingerprint density at radius 1 is 0.946 bits per heavy atom. The maximum atomic E-state index is 11.5. The minimum Gasteiger partial charge on any atom is -0.489 e. The van der Waals surface area contributed by atoms with E-state index in [1.165, 1.54) is 0 Å². The second-order valence-corrected chi connectivity index (χ2v) is 8.45. The van der Waals surface area contributed by atoms with Crippen molar-refractivity contribution < 1.29 is 14.3 Å². The molecule has 0 atom stereocenters. The Labute approximate surface area is 214 Å². The molecule has 2 amide bonds. The lowest BCUT2D eigenvalue weighted by atomic mass is 10.2. The van der Waals surface area contributed by atoms with Gasteiger partial charge in [-0.15, -0.1) is 0 Å². The van der Waals surface area contributed by atoms with E-state index in [0.29, 0.717) is 42.8 Å². The number of ether oxygens (including phenoxy) is 2. The number of hydrogen-bond donors (Lipinski definition) is 3. The molecule has 0 aliphatic heterocycles. The zero-order chi connectivity index (χ0) is 25.6. The molecule has 2 heterocycles. The van der Waals surface area contributed by atoms with Crippen LogP contribution >= 0.6 is 0 Å². The third kappa shape index (κ3) is 5.31. The molecule has 9 nitrogen and oxygen atoms in total. The number of anilines is 1. The third-order valence-electron chi connectivity index (χ3n) is 5.96. The Bertz CT molecular complexity index is 1530. The summed E-state index contributed by atoms with van der Waals surface area (Å²) in [5, 5.41) is 8.00. The maximum Gasteiger partial charge on any atom is 0.312 e. The molecular formula is C28H28N6O3. The van der Waals surface area contributed by atoms with Crippen LogP contribution < -0.4 is 21.1 Å². The van der Waals surface area contributed by atoms with Crippen molar-refractivity contribution in [3.63, 3.8) is 0 Å². The Balaban J connectivity index is 1.66. The first kappa shape index (κ1) is 24.1. The van der Waals surface area contributed by atoms with Crippen molar-refractivity contribution in [1.82, 2.24) is 19.9 Å². The summed E-state index contributed by atoms with van der Waals surface area (Å²) in [5.41, 5.74) is 8.87. The first-order chi connectivity index (χ1) is 18.1. The molecule has 0 bridgehead atoms. The second kappa shape index (κ2) is 11.0. The Kier molecular flexibility index (Phi) is 7.14. The van der Waals surface area contributed by atoms with E-state index < -0.39 is 6.03 Å². The zero-order valence-corrected chi connectivity index (χ0v) is 20.5. The normalized spacial score (nSPS) is 11.1. The summed E-state index contributed by atoms with van der Waals surface area (Å²) in [6.45, 7) is 1.66. The monoisotopic (exact) mass is 496 g/mol. The summed E-state index contributed by atoms with van der Waals surface area (Å²) >= 11 is 0. The standard InChI is InChI=1S/C28H28N6O3/c1-36-14-15-37-24-13-7-11-22-25(24)32-28(33-26(22)30-17-19-8-3-2-4-9-19)34-21(18-31-27(29)35)16-20-10-5-6-12-23(20)34/h2-13,16H,14-15,17-18H2,1H3,(H3,29,31,35)(H,30,32,33). The lowest BCUT2D eigenvalue weighted by molar-refractivity contribution is 0.147. The summed E-state index contributed by atoms with van der Waals surface area (Å²) in [6, 6.07) is 25.2. The fraction of sp³-hybridized carbons (Fsp3) is 0.179. The van der Waals surface area contributed by atoms with E-state index in [2.05, 4.69) is 22.8 Å². The van der Waals surface area contributed by atoms with Gasteiger partial charge in [0, 0.05) is 30.1 Å². The number of nitrogens with zero attached hydrogens (tertiary/aromatic N) is 3. The number of carbonyl (C=O) groups is 1. The van der Waals surface area contributed by atoms with Crippen molar-refractivity contribution in [2.24, 2.45) is 5.73 Å². The van der Waals surface area contributed by atoms with Crippen LogP contribution in [0.15, 0.2) is 78.9 Å². The molecule has 188 valence electrons. The van der Waals surface area contributed by atoms with Crippen molar-refractivity contribution in [3.05, 3.63) is 90.1 Å². The van der Waals surface area contributed by atoms with Crippen molar-refractivity contribution in [2.75, 3.05) is 25.6 Å². The number of carbonyl (C=O) groups excluding carboxylic acids is 1. The van der Waals surface area contributed by atoms with Crippen LogP contribution in [0.3, 0.4) is 0 Å². The highest BCUT2D eigenvalue weighted by Crippen LogP contribution is 2.31. The van der Waals surface area contributed by atoms with Crippen LogP contribution in [0.2, 0.25) is 0 Å². The molecule has 37 heavy (non-hydrogen) atoms. The predicted octanol–water partition coefficient (Wildman–Crippen LogP) is 4.38. The molecule has 5 aromatic rings. The number of rotatable bonds is 10. The Morgan fingerprint density at radius 3 is 2.57 bits per heavy atom. The lowest BCUT2D eigenvalue weighted by Crippen LogP contribution is -2.29. The number of aromatic nitrogens is 3. The van der Waals surface area contributed by atoms with E-state index in [-0.39, 0.29) is 6.54 Å². The smallest absolute Gasteiger partial charge is 0.312 e. The molecule has 3 aromatic carbocycles. The van der Waals surface area contributed by atoms with Gasteiger partial charge in [0.1, 0.15) is 23.7 Å². The molecule has 9 heteroatoms. The first-order valence-electron chi connectivity index (χ1n) is 12.0. The predicted molar refractivity (Wildman–Crippen MR) is 144 cm³/mol. The van der Waals surface area contributed by atoms with Gasteiger partial charge in [0.05, 0.1) is 18.7 Å². The number of methoxy groups -OCH3 is 1. The molecule has 5 rings (SSSR count). The number of urea groups is 1. The van der Waals surface area contributed by atoms with Crippen LogP contribution in [0.5, 0.6) is 5.75 Å². The average Bonchev–Trinajstić information content (AvgIpc) is 3.30. The van der Waals surface area contributed by atoms with Crippen molar-refractivity contribution in [3.8, 4) is 11.7 Å². The molecule has 0 saturated carbocycles. The fourth-order valence-electron chi connectivity index (χ4n) is 4.24. The largest absolute Gasteiger partial charge is 0.489 e. The SMILES string of the molecule is COCCOc1cccc2c(NCc3ccccc3)nc(-n3c(CNC(N)=O)cc4ccccc43)nc12. The molecule has 4 N–H and O–H groups in total. The number of para-hydroxylation sites is 2. The molecule has 0 unspecified atom stereocenters. The highest BCUT2D eigenvalue weighted by Gasteiger charge is 2.18. The number of primary amides is 1. The summed E-state index contributed by atoms with van der Waals surface area (Å²) in [5.74, 6) is 1.76. The van der Waals surface area contributed by atoms with Gasteiger partial charge in [-0.3, -0.25) is 4.57 Å². The molecule has 0 fully saturated rings. The Hall–Kier alpha value is -4.63. The van der Waals surface area contributed by atoms with Gasteiger partial charge >= 0.3 is 6.03 Å². The van der Waals surface area contributed by atoms with E-state index >= 15 is 0 Å². The van der Waals surface area contributed by atoms with Crippen LogP contribution in [-0.2, 0) is 17.8 Å². The zero-order valence-electron chi connectivity index (χ0n) is 20.5. The van der Waals surface area contributed by atoms with E-state index in [1.54, 1.807) is 7.11 Å². The fourth-order valence-corrected chi connectivity index (χ4v) is 4.24. The number of amides is 2. The van der Waals surface area contributed by atoms with E-state index in [4.69, 9.17) is 25.2 Å². The van der Waals surface area contributed by atoms with Crippen LogP contribution in [0.25, 0.3) is 27.8 Å². The molecule has 0 radical (unpaired) electrons. The first-order valence-corrected chi connectivity index (χ1v) is 12.0. The summed E-state index contributed by atoms with van der Waals surface area (Å²) in [7, 11) is 1.64. The van der Waals surface area contributed by atoms with Gasteiger partial charge in [-0.05, 0) is 29.8 Å². The molecule has 0 spiro atoms. The van der Waals surface area contributed by atoms with Gasteiger partial charge in [-0.2, -0.15) is 4.98 Å². The third-order valence-corrected chi connectivity index (χ3v) is 5.96. The van der Waals surface area contributed by atoms with Crippen molar-refractivity contribution in [1.29, 1.82) is 0 Å². The van der Waals surface area contributed by atoms with E-state index in [0.717, 1.165) is 27.5 Å². The molecule has 0 aliphatic rings. The minimum absolute atomic E-state index is 0.226. The van der Waals surface area contributed by atoms with E-state index in [9.17, 15) is 4.79 Å². The molecule has 2 aromatic heterocycles. The lowest BCUT2D eigenvalue weighted by Gasteiger charge is -2.16. The van der Waals surface area contributed by atoms with Gasteiger partial charge in [0.25, 0.3) is 0 Å². The van der Waals surface area contributed by atoms with Crippen molar-refractivity contribution in [2.45, 2.75) is 13.1 Å². The summed E-state index contributed by atoms with van der Waals surface area (Å²) < 4.78 is 13.1. The maximum absolute atomic E-state index is 11.5. The van der Waals surface area contributed by atoms with Gasteiger partial charge < -0.3 is 25.8 Å². The van der Waals surface area contributed by atoms with Crippen LogP contribution in [-0.4, -0.2) is 40.9 Å².